The van der Waals surface area contributed by atoms with Crippen molar-refractivity contribution < 1.29 is 4.42 Å². The standard InChI is InChI=1S/C58H36N2OS/c1-2-15-46-37(12-1)28-35-50-56-45(19-10-23-53(56)61-58(46)50)39-13-9-14-43(36-39)59(40-29-26-38(27-30-40)44-20-11-25-55-57(44)49-18-5-8-24-54(49)62-55)41-31-33-42(34-32-41)60-51-21-6-3-16-47(51)48-17-4-7-22-52(48)60/h1-36H. The summed E-state index contributed by atoms with van der Waals surface area (Å²) in [6.07, 6.45) is 0. The predicted molar refractivity (Wildman–Crippen MR) is 264 cm³/mol. The molecule has 290 valence electrons. The highest BCUT2D eigenvalue weighted by Crippen LogP contribution is 2.44. The van der Waals surface area contributed by atoms with Crippen molar-refractivity contribution in [2.45, 2.75) is 0 Å². The first kappa shape index (κ1) is 34.9. The highest BCUT2D eigenvalue weighted by atomic mass is 32.1. The highest BCUT2D eigenvalue weighted by Gasteiger charge is 2.19. The van der Waals surface area contributed by atoms with Gasteiger partial charge in [-0.25, -0.2) is 0 Å². The lowest BCUT2D eigenvalue weighted by Crippen LogP contribution is -2.10. The van der Waals surface area contributed by atoms with Gasteiger partial charge in [0.15, 0.2) is 0 Å². The Morgan fingerprint density at radius 3 is 1.77 bits per heavy atom. The first-order valence-corrected chi connectivity index (χ1v) is 21.9. The van der Waals surface area contributed by atoms with E-state index in [1.54, 1.807) is 0 Å². The Balaban J connectivity index is 0.967. The van der Waals surface area contributed by atoms with Crippen molar-refractivity contribution in [3.63, 3.8) is 0 Å². The largest absolute Gasteiger partial charge is 0.455 e. The Morgan fingerprint density at radius 2 is 1.00 bits per heavy atom. The first-order chi connectivity index (χ1) is 30.7. The number of thiophene rings is 1. The second-order valence-corrected chi connectivity index (χ2v) is 17.1. The summed E-state index contributed by atoms with van der Waals surface area (Å²) in [6.45, 7) is 0. The molecule has 4 heteroatoms. The molecule has 3 aromatic heterocycles. The summed E-state index contributed by atoms with van der Waals surface area (Å²) in [5.74, 6) is 0. The molecular formula is C58H36N2OS. The summed E-state index contributed by atoms with van der Waals surface area (Å²) in [5.41, 5.74) is 13.3. The molecule has 0 radical (unpaired) electrons. The first-order valence-electron chi connectivity index (χ1n) is 21.1. The Hall–Kier alpha value is -7.92. The van der Waals surface area contributed by atoms with E-state index in [4.69, 9.17) is 4.42 Å². The minimum Gasteiger partial charge on any atom is -0.455 e. The molecule has 13 aromatic rings. The highest BCUT2D eigenvalue weighted by molar-refractivity contribution is 7.25. The van der Waals surface area contributed by atoms with Crippen molar-refractivity contribution in [1.29, 1.82) is 0 Å². The van der Waals surface area contributed by atoms with E-state index in [-0.39, 0.29) is 0 Å². The summed E-state index contributed by atoms with van der Waals surface area (Å²) in [7, 11) is 0. The van der Waals surface area contributed by atoms with Gasteiger partial charge in [-0.05, 0) is 113 Å². The van der Waals surface area contributed by atoms with Crippen LogP contribution in [0.25, 0.3) is 103 Å². The van der Waals surface area contributed by atoms with Crippen LogP contribution in [0.4, 0.5) is 17.1 Å². The van der Waals surface area contributed by atoms with Crippen LogP contribution >= 0.6 is 11.3 Å². The van der Waals surface area contributed by atoms with E-state index in [0.29, 0.717) is 0 Å². The third-order valence-electron chi connectivity index (χ3n) is 12.6. The number of nitrogens with zero attached hydrogens (tertiary/aromatic N) is 2. The molecule has 0 N–H and O–H groups in total. The fourth-order valence-corrected chi connectivity index (χ4v) is 10.9. The van der Waals surface area contributed by atoms with Crippen LogP contribution in [0.15, 0.2) is 223 Å². The maximum absolute atomic E-state index is 6.62. The molecule has 0 amide bonds. The number of rotatable bonds is 6. The maximum Gasteiger partial charge on any atom is 0.143 e. The van der Waals surface area contributed by atoms with Gasteiger partial charge in [-0.2, -0.15) is 0 Å². The van der Waals surface area contributed by atoms with Crippen LogP contribution in [0, 0.1) is 0 Å². The third-order valence-corrected chi connectivity index (χ3v) is 13.7. The average Bonchev–Trinajstić information content (AvgIpc) is 4.02. The minimum absolute atomic E-state index is 0.890. The predicted octanol–water partition coefficient (Wildman–Crippen LogP) is 17.0. The molecule has 0 aliphatic heterocycles. The number of hydrogen-bond acceptors (Lipinski definition) is 3. The molecule has 0 bridgehead atoms. The van der Waals surface area contributed by atoms with E-state index in [1.165, 1.54) is 58.5 Å². The van der Waals surface area contributed by atoms with Crippen molar-refractivity contribution in [1.82, 2.24) is 4.57 Å². The fourth-order valence-electron chi connectivity index (χ4n) is 9.81. The van der Waals surface area contributed by atoms with Gasteiger partial charge in [0.25, 0.3) is 0 Å². The Morgan fingerprint density at radius 1 is 0.387 bits per heavy atom. The van der Waals surface area contributed by atoms with Crippen molar-refractivity contribution in [3.05, 3.63) is 218 Å². The number of furan rings is 1. The van der Waals surface area contributed by atoms with E-state index < -0.39 is 0 Å². The van der Waals surface area contributed by atoms with Gasteiger partial charge in [0.05, 0.1) is 11.0 Å². The normalized spacial score (nSPS) is 11.9. The lowest BCUT2D eigenvalue weighted by molar-refractivity contribution is 0.673. The quantitative estimate of drug-likeness (QED) is 0.167. The number of benzene rings is 10. The van der Waals surface area contributed by atoms with Crippen LogP contribution in [0.1, 0.15) is 0 Å². The zero-order chi connectivity index (χ0) is 40.7. The number of hydrogen-bond donors (Lipinski definition) is 0. The molecule has 0 aliphatic rings. The van der Waals surface area contributed by atoms with Crippen LogP contribution < -0.4 is 4.90 Å². The molecule has 0 saturated heterocycles. The topological polar surface area (TPSA) is 21.3 Å². The third kappa shape index (κ3) is 5.37. The van der Waals surface area contributed by atoms with Crippen molar-refractivity contribution >= 4 is 103 Å². The Bertz CT molecular complexity index is 3820. The summed E-state index contributed by atoms with van der Waals surface area (Å²) in [5, 5.41) is 9.70. The molecule has 0 unspecified atom stereocenters. The van der Waals surface area contributed by atoms with Crippen molar-refractivity contribution in [2.75, 3.05) is 4.90 Å². The van der Waals surface area contributed by atoms with E-state index in [9.17, 15) is 0 Å². The second-order valence-electron chi connectivity index (χ2n) is 16.0. The molecule has 3 heterocycles. The van der Waals surface area contributed by atoms with Gasteiger partial charge >= 0.3 is 0 Å². The molecular weight excluding hydrogens is 773 g/mol. The molecule has 13 rings (SSSR count). The molecule has 0 spiro atoms. The molecule has 0 saturated carbocycles. The molecule has 10 aromatic carbocycles. The summed E-state index contributed by atoms with van der Waals surface area (Å²) >= 11 is 1.86. The van der Waals surface area contributed by atoms with E-state index >= 15 is 0 Å². The molecule has 0 atom stereocenters. The van der Waals surface area contributed by atoms with Gasteiger partial charge in [0.1, 0.15) is 11.2 Å². The van der Waals surface area contributed by atoms with Crippen LogP contribution in [0.3, 0.4) is 0 Å². The Labute approximate surface area is 361 Å². The zero-order valence-corrected chi connectivity index (χ0v) is 34.3. The van der Waals surface area contributed by atoms with Crippen LogP contribution in [-0.2, 0) is 0 Å². The Kier molecular flexibility index (Phi) is 7.78. The number of aromatic nitrogens is 1. The van der Waals surface area contributed by atoms with Crippen molar-refractivity contribution in [3.8, 4) is 27.9 Å². The molecule has 62 heavy (non-hydrogen) atoms. The minimum atomic E-state index is 0.890. The van der Waals surface area contributed by atoms with Crippen LogP contribution in [0.5, 0.6) is 0 Å². The lowest BCUT2D eigenvalue weighted by Gasteiger charge is -2.26. The molecule has 3 nitrogen and oxygen atoms in total. The zero-order valence-electron chi connectivity index (χ0n) is 33.5. The summed E-state index contributed by atoms with van der Waals surface area (Å²) in [6, 6.07) is 79.2. The van der Waals surface area contributed by atoms with E-state index in [1.807, 2.05) is 11.3 Å². The summed E-state index contributed by atoms with van der Waals surface area (Å²) in [4.78, 5) is 2.38. The van der Waals surface area contributed by atoms with Crippen LogP contribution in [-0.4, -0.2) is 4.57 Å². The SMILES string of the molecule is c1cc(-c2cccc3oc4c5ccccc5ccc4c23)cc(N(c2ccc(-c3cccc4sc5ccccc5c34)cc2)c2ccc(-n3c4ccccc4c4ccccc43)cc2)c1. The second kappa shape index (κ2) is 13.8. The molecule has 0 fully saturated rings. The van der Waals surface area contributed by atoms with E-state index in [0.717, 1.165) is 61.2 Å². The van der Waals surface area contributed by atoms with E-state index in [2.05, 4.69) is 228 Å². The molecule has 0 aliphatic carbocycles. The van der Waals surface area contributed by atoms with Crippen LogP contribution in [0.2, 0.25) is 0 Å². The van der Waals surface area contributed by atoms with Gasteiger partial charge in [-0.1, -0.05) is 133 Å². The van der Waals surface area contributed by atoms with Gasteiger partial charge in [-0.3, -0.25) is 0 Å². The maximum atomic E-state index is 6.62. The number of fused-ring (bicyclic) bond motifs is 11. The smallest absolute Gasteiger partial charge is 0.143 e. The van der Waals surface area contributed by atoms with Gasteiger partial charge in [0, 0.05) is 69.9 Å². The van der Waals surface area contributed by atoms with Gasteiger partial charge in [0.2, 0.25) is 0 Å². The van der Waals surface area contributed by atoms with Crippen molar-refractivity contribution in [2.24, 2.45) is 0 Å². The van der Waals surface area contributed by atoms with Gasteiger partial charge < -0.3 is 13.9 Å². The number of para-hydroxylation sites is 2. The monoisotopic (exact) mass is 808 g/mol. The summed E-state index contributed by atoms with van der Waals surface area (Å²) < 4.78 is 11.6. The van der Waals surface area contributed by atoms with Gasteiger partial charge in [-0.15, -0.1) is 11.3 Å². The number of anilines is 3. The fraction of sp³-hybridized carbons (Fsp3) is 0. The lowest BCUT2D eigenvalue weighted by atomic mass is 9.97. The average molecular weight is 809 g/mol.